The lowest BCUT2D eigenvalue weighted by Gasteiger charge is -2.24. The third kappa shape index (κ3) is 3.69. The van der Waals surface area contributed by atoms with Crippen LogP contribution in [0.5, 0.6) is 0 Å². The zero-order valence-corrected chi connectivity index (χ0v) is 16.6. The monoisotopic (exact) mass is 397 g/mol. The quantitative estimate of drug-likeness (QED) is 0.398. The zero-order valence-electron chi connectivity index (χ0n) is 16.6. The normalized spacial score (nSPS) is 11.2. The van der Waals surface area contributed by atoms with Crippen molar-refractivity contribution in [3.63, 3.8) is 0 Å². The number of anilines is 2. The van der Waals surface area contributed by atoms with Gasteiger partial charge in [-0.2, -0.15) is 0 Å². The molecule has 0 saturated carbocycles. The number of rotatable bonds is 8. The smallest absolute Gasteiger partial charge is 0.165 e. The van der Waals surface area contributed by atoms with Crippen molar-refractivity contribution >= 4 is 22.7 Å². The predicted octanol–water partition coefficient (Wildman–Crippen LogP) is 3.97. The molecule has 5 rings (SSSR count). The van der Waals surface area contributed by atoms with Gasteiger partial charge in [0.05, 0.1) is 6.33 Å². The fourth-order valence-electron chi connectivity index (χ4n) is 3.67. The van der Waals surface area contributed by atoms with E-state index in [1.165, 1.54) is 0 Å². The number of fused-ring (bicyclic) bond motifs is 1. The summed E-state index contributed by atoms with van der Waals surface area (Å²) in [4.78, 5) is 16.1. The van der Waals surface area contributed by atoms with Crippen molar-refractivity contribution in [3.05, 3.63) is 92.0 Å². The third-order valence-electron chi connectivity index (χ3n) is 5.22. The van der Waals surface area contributed by atoms with Crippen LogP contribution < -0.4 is 4.90 Å². The number of aromatic nitrogens is 6. The molecule has 5 aromatic rings. The minimum absolute atomic E-state index is 0.779. The molecule has 0 aliphatic heterocycles. The molecule has 0 bridgehead atoms. The molecule has 0 radical (unpaired) electrons. The van der Waals surface area contributed by atoms with Crippen LogP contribution in [0.15, 0.2) is 92.0 Å². The van der Waals surface area contributed by atoms with Gasteiger partial charge >= 0.3 is 0 Å². The molecule has 0 spiro atoms. The molecular formula is C23H23N7. The van der Waals surface area contributed by atoms with Gasteiger partial charge < -0.3 is 18.6 Å². The largest absolute Gasteiger partial charge is 0.352 e. The zero-order chi connectivity index (χ0) is 20.2. The van der Waals surface area contributed by atoms with Gasteiger partial charge in [0.25, 0.3) is 0 Å². The van der Waals surface area contributed by atoms with Crippen molar-refractivity contribution in [2.24, 2.45) is 0 Å². The van der Waals surface area contributed by atoms with E-state index >= 15 is 0 Å². The Labute approximate surface area is 174 Å². The highest BCUT2D eigenvalue weighted by Crippen LogP contribution is 2.28. The summed E-state index contributed by atoms with van der Waals surface area (Å²) in [6.07, 6.45) is 11.8. The molecule has 0 fully saturated rings. The van der Waals surface area contributed by atoms with Gasteiger partial charge in [-0.25, -0.2) is 15.0 Å². The second-order valence-corrected chi connectivity index (χ2v) is 7.14. The van der Waals surface area contributed by atoms with Crippen molar-refractivity contribution in [2.45, 2.75) is 19.6 Å². The van der Waals surface area contributed by atoms with E-state index in [9.17, 15) is 0 Å². The summed E-state index contributed by atoms with van der Waals surface area (Å²) in [6.45, 7) is 3.30. The van der Waals surface area contributed by atoms with Gasteiger partial charge in [-0.3, -0.25) is 0 Å². The van der Waals surface area contributed by atoms with Crippen LogP contribution in [0, 0.1) is 0 Å². The fourth-order valence-corrected chi connectivity index (χ4v) is 3.67. The Morgan fingerprint density at radius 2 is 1.40 bits per heavy atom. The molecule has 7 nitrogen and oxygen atoms in total. The molecule has 0 N–H and O–H groups in total. The first kappa shape index (κ1) is 18.2. The lowest BCUT2D eigenvalue weighted by atomic mass is 10.2. The first-order chi connectivity index (χ1) is 14.9. The van der Waals surface area contributed by atoms with E-state index < -0.39 is 0 Å². The number of hydrogen-bond donors (Lipinski definition) is 0. The minimum atomic E-state index is 0.779. The van der Waals surface area contributed by atoms with Gasteiger partial charge in [-0.05, 0) is 36.4 Å². The molecule has 4 aromatic heterocycles. The van der Waals surface area contributed by atoms with Crippen molar-refractivity contribution in [3.8, 4) is 0 Å². The Morgan fingerprint density at radius 1 is 0.700 bits per heavy atom. The topological polar surface area (TPSA) is 56.7 Å². The number of imidazole rings is 1. The fraction of sp³-hybridized carbons (Fsp3) is 0.174. The Bertz CT molecular complexity index is 1190. The summed E-state index contributed by atoms with van der Waals surface area (Å²) >= 11 is 0. The van der Waals surface area contributed by atoms with Gasteiger partial charge in [0.1, 0.15) is 6.33 Å². The highest BCUT2D eigenvalue weighted by Gasteiger charge is 2.17. The first-order valence-electron chi connectivity index (χ1n) is 10.1. The lowest BCUT2D eigenvalue weighted by Crippen LogP contribution is -2.23. The molecular weight excluding hydrogens is 374 g/mol. The lowest BCUT2D eigenvalue weighted by molar-refractivity contribution is 0.588. The van der Waals surface area contributed by atoms with E-state index in [-0.39, 0.29) is 0 Å². The summed E-state index contributed by atoms with van der Waals surface area (Å²) in [5.74, 6) is 0.832. The second-order valence-electron chi connectivity index (χ2n) is 7.14. The predicted molar refractivity (Wildman–Crippen MR) is 118 cm³/mol. The van der Waals surface area contributed by atoms with Gasteiger partial charge in [-0.15, -0.1) is 0 Å². The number of nitrogens with zero attached hydrogens (tertiary/aromatic N) is 7. The van der Waals surface area contributed by atoms with Crippen LogP contribution in [0.3, 0.4) is 0 Å². The Morgan fingerprint density at radius 3 is 2.13 bits per heavy atom. The Kier molecular flexibility index (Phi) is 4.99. The summed E-state index contributed by atoms with van der Waals surface area (Å²) in [5.41, 5.74) is 2.77. The summed E-state index contributed by atoms with van der Waals surface area (Å²) in [7, 11) is 0. The standard InChI is InChI=1S/C23H23N7/c1-2-8-20(9-3-1)30(17-15-28-12-6-7-13-28)23-21-22(24-18-25-23)29(19-26-21)16-14-27-10-4-5-11-27/h1-13,18-19H,14-17H2. The molecule has 30 heavy (non-hydrogen) atoms. The molecule has 7 heteroatoms. The summed E-state index contributed by atoms with van der Waals surface area (Å²) < 4.78 is 6.42. The summed E-state index contributed by atoms with van der Waals surface area (Å²) in [6, 6.07) is 18.5. The highest BCUT2D eigenvalue weighted by atomic mass is 15.2. The average Bonchev–Trinajstić information content (AvgIpc) is 3.55. The van der Waals surface area contributed by atoms with Crippen LogP contribution in [0.4, 0.5) is 11.5 Å². The number of benzene rings is 1. The van der Waals surface area contributed by atoms with Crippen molar-refractivity contribution in [1.29, 1.82) is 0 Å². The van der Waals surface area contributed by atoms with Crippen LogP contribution >= 0.6 is 0 Å². The molecule has 1 aromatic carbocycles. The Hall–Kier alpha value is -3.87. The van der Waals surface area contributed by atoms with Crippen molar-refractivity contribution < 1.29 is 0 Å². The second kappa shape index (κ2) is 8.24. The molecule has 4 heterocycles. The average molecular weight is 397 g/mol. The van der Waals surface area contributed by atoms with Crippen LogP contribution in [0.1, 0.15) is 0 Å². The number of para-hydroxylation sites is 1. The van der Waals surface area contributed by atoms with Gasteiger partial charge in [-0.1, -0.05) is 18.2 Å². The van der Waals surface area contributed by atoms with Gasteiger partial charge in [0.15, 0.2) is 17.0 Å². The molecule has 0 atom stereocenters. The maximum Gasteiger partial charge on any atom is 0.165 e. The molecule has 0 saturated heterocycles. The first-order valence-corrected chi connectivity index (χ1v) is 10.1. The van der Waals surface area contributed by atoms with E-state index in [1.807, 2.05) is 48.8 Å². The van der Waals surface area contributed by atoms with E-state index in [2.05, 4.69) is 65.5 Å². The highest BCUT2D eigenvalue weighted by molar-refractivity contribution is 5.86. The SMILES string of the molecule is c1ccc(N(CCn2cccc2)c2ncnc3c2ncn3CCn2cccc2)cc1. The Balaban J connectivity index is 1.48. The maximum atomic E-state index is 4.69. The number of aryl methyl sites for hydroxylation is 2. The molecule has 0 aliphatic rings. The maximum absolute atomic E-state index is 4.69. The molecule has 150 valence electrons. The van der Waals surface area contributed by atoms with Crippen LogP contribution in [0.2, 0.25) is 0 Å². The third-order valence-corrected chi connectivity index (χ3v) is 5.22. The van der Waals surface area contributed by atoms with Gasteiger partial charge in [0, 0.05) is 56.7 Å². The molecule has 0 amide bonds. The summed E-state index contributed by atoms with van der Waals surface area (Å²) in [5, 5.41) is 0. The van der Waals surface area contributed by atoms with Crippen molar-refractivity contribution in [2.75, 3.05) is 11.4 Å². The van der Waals surface area contributed by atoms with Crippen LogP contribution in [-0.2, 0) is 19.6 Å². The van der Waals surface area contributed by atoms with Gasteiger partial charge in [0.2, 0.25) is 0 Å². The van der Waals surface area contributed by atoms with E-state index in [0.717, 1.165) is 48.8 Å². The van der Waals surface area contributed by atoms with E-state index in [0.29, 0.717) is 0 Å². The van der Waals surface area contributed by atoms with E-state index in [1.54, 1.807) is 6.33 Å². The molecule has 0 aliphatic carbocycles. The van der Waals surface area contributed by atoms with Crippen molar-refractivity contribution in [1.82, 2.24) is 28.7 Å². The number of hydrogen-bond acceptors (Lipinski definition) is 4. The van der Waals surface area contributed by atoms with Crippen LogP contribution in [-0.4, -0.2) is 35.2 Å². The molecule has 0 unspecified atom stereocenters. The van der Waals surface area contributed by atoms with E-state index in [4.69, 9.17) is 4.98 Å². The van der Waals surface area contributed by atoms with Crippen LogP contribution in [0.25, 0.3) is 11.2 Å². The minimum Gasteiger partial charge on any atom is -0.352 e.